The van der Waals surface area contributed by atoms with Gasteiger partial charge in [0.1, 0.15) is 5.75 Å². The van der Waals surface area contributed by atoms with Crippen molar-refractivity contribution in [3.63, 3.8) is 0 Å². The van der Waals surface area contributed by atoms with E-state index in [0.717, 1.165) is 5.56 Å². The summed E-state index contributed by atoms with van der Waals surface area (Å²) in [4.78, 5) is 23.0. The second-order valence-electron chi connectivity index (χ2n) is 4.90. The van der Waals surface area contributed by atoms with Gasteiger partial charge in [0.25, 0.3) is 5.91 Å². The van der Waals surface area contributed by atoms with E-state index in [-0.39, 0.29) is 11.5 Å². The number of para-hydroxylation sites is 1. The molecule has 2 aromatic carbocycles. The molecule has 22 heavy (non-hydrogen) atoms. The van der Waals surface area contributed by atoms with Crippen LogP contribution in [0.4, 0.5) is 5.69 Å². The van der Waals surface area contributed by atoms with Gasteiger partial charge in [-0.05, 0) is 43.7 Å². The van der Waals surface area contributed by atoms with Gasteiger partial charge < -0.3 is 15.2 Å². The Balaban J connectivity index is 2.04. The number of rotatable bonds is 5. The number of carboxylic acid groups (broad SMARTS) is 1. The number of nitrogens with one attached hydrogen (secondary N) is 1. The summed E-state index contributed by atoms with van der Waals surface area (Å²) in [5, 5.41) is 11.6. The quantitative estimate of drug-likeness (QED) is 0.889. The Kier molecular flexibility index (Phi) is 4.78. The lowest BCUT2D eigenvalue weighted by Crippen LogP contribution is -2.30. The number of ether oxygens (including phenoxy) is 1. The van der Waals surface area contributed by atoms with Crippen molar-refractivity contribution in [3.8, 4) is 5.75 Å². The Morgan fingerprint density at radius 2 is 1.86 bits per heavy atom. The average Bonchev–Trinajstić information content (AvgIpc) is 2.49. The lowest BCUT2D eigenvalue weighted by molar-refractivity contribution is -0.122. The highest BCUT2D eigenvalue weighted by Gasteiger charge is 2.16. The zero-order chi connectivity index (χ0) is 16.1. The van der Waals surface area contributed by atoms with E-state index in [1.807, 2.05) is 25.1 Å². The molecule has 0 spiro atoms. The van der Waals surface area contributed by atoms with Crippen molar-refractivity contribution in [1.29, 1.82) is 0 Å². The third-order valence-corrected chi connectivity index (χ3v) is 3.14. The molecular weight excluding hydrogens is 282 g/mol. The molecule has 0 heterocycles. The lowest BCUT2D eigenvalue weighted by atomic mass is 10.2. The summed E-state index contributed by atoms with van der Waals surface area (Å²) in [5.41, 5.74) is 1.48. The molecule has 1 atom stereocenters. The van der Waals surface area contributed by atoms with E-state index in [1.165, 1.54) is 12.1 Å². The molecule has 0 fully saturated rings. The molecule has 0 saturated heterocycles. The maximum Gasteiger partial charge on any atom is 0.335 e. The normalized spacial score (nSPS) is 11.5. The number of carboxylic acids is 1. The van der Waals surface area contributed by atoms with Crippen molar-refractivity contribution in [2.45, 2.75) is 20.0 Å². The van der Waals surface area contributed by atoms with E-state index in [2.05, 4.69) is 5.32 Å². The van der Waals surface area contributed by atoms with Gasteiger partial charge in [-0.25, -0.2) is 4.79 Å². The summed E-state index contributed by atoms with van der Waals surface area (Å²) in [6.07, 6.45) is -0.699. The van der Waals surface area contributed by atoms with Crippen molar-refractivity contribution < 1.29 is 19.4 Å². The second kappa shape index (κ2) is 6.76. The summed E-state index contributed by atoms with van der Waals surface area (Å²) in [5.74, 6) is -0.740. The van der Waals surface area contributed by atoms with E-state index in [1.54, 1.807) is 25.1 Å². The van der Waals surface area contributed by atoms with Gasteiger partial charge in [-0.3, -0.25) is 4.79 Å². The minimum atomic E-state index is -1.04. The summed E-state index contributed by atoms with van der Waals surface area (Å²) in [6, 6.07) is 13.5. The molecule has 2 N–H and O–H groups in total. The van der Waals surface area contributed by atoms with E-state index in [9.17, 15) is 9.59 Å². The molecular formula is C17H17NO4. The SMILES string of the molecule is Cc1ccccc1OC(C)C(=O)Nc1cccc(C(=O)O)c1. The highest BCUT2D eigenvalue weighted by molar-refractivity contribution is 5.96. The fourth-order valence-corrected chi connectivity index (χ4v) is 1.91. The fraction of sp³-hybridized carbons (Fsp3) is 0.176. The van der Waals surface area contributed by atoms with Gasteiger partial charge >= 0.3 is 5.97 Å². The number of carbonyl (C=O) groups excluding carboxylic acids is 1. The van der Waals surface area contributed by atoms with E-state index in [0.29, 0.717) is 11.4 Å². The molecule has 2 aromatic rings. The molecule has 0 aliphatic heterocycles. The first-order valence-electron chi connectivity index (χ1n) is 6.84. The fourth-order valence-electron chi connectivity index (χ4n) is 1.91. The molecule has 0 radical (unpaired) electrons. The minimum Gasteiger partial charge on any atom is -0.481 e. The van der Waals surface area contributed by atoms with Crippen molar-refractivity contribution in [2.24, 2.45) is 0 Å². The number of carbonyl (C=O) groups is 2. The predicted molar refractivity (Wildman–Crippen MR) is 83.3 cm³/mol. The highest BCUT2D eigenvalue weighted by Crippen LogP contribution is 2.18. The zero-order valence-electron chi connectivity index (χ0n) is 12.4. The van der Waals surface area contributed by atoms with Gasteiger partial charge in [-0.15, -0.1) is 0 Å². The summed E-state index contributed by atoms with van der Waals surface area (Å²) in [6.45, 7) is 3.54. The van der Waals surface area contributed by atoms with Crippen molar-refractivity contribution in [2.75, 3.05) is 5.32 Å². The first-order valence-corrected chi connectivity index (χ1v) is 6.84. The molecule has 0 bridgehead atoms. The largest absolute Gasteiger partial charge is 0.481 e. The number of benzene rings is 2. The van der Waals surface area contributed by atoms with Crippen LogP contribution in [0.1, 0.15) is 22.8 Å². The number of aromatic carboxylic acids is 1. The van der Waals surface area contributed by atoms with Gasteiger partial charge in [0.15, 0.2) is 6.10 Å². The molecule has 0 aliphatic carbocycles. The second-order valence-corrected chi connectivity index (χ2v) is 4.90. The molecule has 0 saturated carbocycles. The maximum absolute atomic E-state index is 12.1. The van der Waals surface area contributed by atoms with Crippen molar-refractivity contribution >= 4 is 17.6 Å². The number of aryl methyl sites for hydroxylation is 1. The van der Waals surface area contributed by atoms with Crippen LogP contribution in [0.15, 0.2) is 48.5 Å². The summed E-state index contributed by atoms with van der Waals surface area (Å²) in [7, 11) is 0. The Bertz CT molecular complexity index is 697. The van der Waals surface area contributed by atoms with Crippen LogP contribution in [0.25, 0.3) is 0 Å². The van der Waals surface area contributed by atoms with E-state index in [4.69, 9.17) is 9.84 Å². The van der Waals surface area contributed by atoms with Gasteiger partial charge in [0.2, 0.25) is 0 Å². The van der Waals surface area contributed by atoms with Crippen LogP contribution in [0.2, 0.25) is 0 Å². The van der Waals surface area contributed by atoms with Gasteiger partial charge in [-0.2, -0.15) is 0 Å². The summed E-state index contributed by atoms with van der Waals surface area (Å²) < 4.78 is 5.63. The molecule has 5 nitrogen and oxygen atoms in total. The van der Waals surface area contributed by atoms with E-state index < -0.39 is 12.1 Å². The maximum atomic E-state index is 12.1. The molecule has 2 rings (SSSR count). The number of hydrogen-bond acceptors (Lipinski definition) is 3. The van der Waals surface area contributed by atoms with Crippen molar-refractivity contribution in [3.05, 3.63) is 59.7 Å². The van der Waals surface area contributed by atoms with Gasteiger partial charge in [-0.1, -0.05) is 24.3 Å². The van der Waals surface area contributed by atoms with Crippen LogP contribution in [-0.2, 0) is 4.79 Å². The Labute approximate surface area is 128 Å². The Morgan fingerprint density at radius 1 is 1.14 bits per heavy atom. The standard InChI is InChI=1S/C17H17NO4/c1-11-6-3-4-9-15(11)22-12(2)16(19)18-14-8-5-7-13(10-14)17(20)21/h3-10,12H,1-2H3,(H,18,19)(H,20,21). The van der Waals surface area contributed by atoms with Crippen LogP contribution < -0.4 is 10.1 Å². The average molecular weight is 299 g/mol. The third-order valence-electron chi connectivity index (χ3n) is 3.14. The Morgan fingerprint density at radius 3 is 2.55 bits per heavy atom. The van der Waals surface area contributed by atoms with Gasteiger partial charge in [0, 0.05) is 5.69 Å². The molecule has 5 heteroatoms. The van der Waals surface area contributed by atoms with Gasteiger partial charge in [0.05, 0.1) is 5.56 Å². The third kappa shape index (κ3) is 3.85. The number of anilines is 1. The van der Waals surface area contributed by atoms with Crippen LogP contribution in [0.3, 0.4) is 0 Å². The van der Waals surface area contributed by atoms with Crippen LogP contribution in [-0.4, -0.2) is 23.1 Å². The lowest BCUT2D eigenvalue weighted by Gasteiger charge is -2.16. The molecule has 0 aliphatic rings. The predicted octanol–water partition coefficient (Wildman–Crippen LogP) is 3.10. The van der Waals surface area contributed by atoms with Crippen LogP contribution >= 0.6 is 0 Å². The number of amides is 1. The topological polar surface area (TPSA) is 75.6 Å². The first kappa shape index (κ1) is 15.6. The van der Waals surface area contributed by atoms with E-state index >= 15 is 0 Å². The van der Waals surface area contributed by atoms with Crippen LogP contribution in [0, 0.1) is 6.92 Å². The summed E-state index contributed by atoms with van der Waals surface area (Å²) >= 11 is 0. The van der Waals surface area contributed by atoms with Crippen molar-refractivity contribution in [1.82, 2.24) is 0 Å². The smallest absolute Gasteiger partial charge is 0.335 e. The first-order chi connectivity index (χ1) is 10.5. The zero-order valence-corrected chi connectivity index (χ0v) is 12.4. The van der Waals surface area contributed by atoms with Crippen LogP contribution in [0.5, 0.6) is 5.75 Å². The number of hydrogen-bond donors (Lipinski definition) is 2. The molecule has 114 valence electrons. The minimum absolute atomic E-state index is 0.116. The molecule has 0 aromatic heterocycles. The molecule has 1 amide bonds. The monoisotopic (exact) mass is 299 g/mol. The Hall–Kier alpha value is -2.82. The molecule has 1 unspecified atom stereocenters. The highest BCUT2D eigenvalue weighted by atomic mass is 16.5.